The highest BCUT2D eigenvalue weighted by molar-refractivity contribution is 5.94. The van der Waals surface area contributed by atoms with Crippen LogP contribution in [0.3, 0.4) is 0 Å². The summed E-state index contributed by atoms with van der Waals surface area (Å²) >= 11 is 0. The molecule has 0 aliphatic carbocycles. The van der Waals surface area contributed by atoms with Crippen LogP contribution in [0.15, 0.2) is 88.4 Å². The second kappa shape index (κ2) is 7.79. The monoisotopic (exact) mass is 410 g/mol. The van der Waals surface area contributed by atoms with E-state index in [2.05, 4.69) is 20.5 Å². The van der Waals surface area contributed by atoms with Crippen molar-refractivity contribution >= 4 is 27.9 Å². The fourth-order valence-corrected chi connectivity index (χ4v) is 3.37. The number of carbonyl (C=O) groups excluding carboxylic acids is 1. The Labute approximate surface area is 177 Å². The standard InChI is InChI=1S/C24H18N4O3/c1-30-20-13-7-10-16-14-17(22-25-18-11-5-6-12-19(18)26-22)24(31-21(16)20)28-27-23(29)15-8-3-2-4-9-15/h2-14H,1H3,(H,25,26)(H,27,29). The molecule has 0 unspecified atom stereocenters. The summed E-state index contributed by atoms with van der Waals surface area (Å²) in [7, 11) is 1.57. The largest absolute Gasteiger partial charge is 0.493 e. The summed E-state index contributed by atoms with van der Waals surface area (Å²) in [4.78, 5) is 20.4. The molecule has 7 heteroatoms. The van der Waals surface area contributed by atoms with E-state index in [1.807, 2.05) is 48.5 Å². The summed E-state index contributed by atoms with van der Waals surface area (Å²) < 4.78 is 11.5. The molecule has 7 nitrogen and oxygen atoms in total. The second-order valence-electron chi connectivity index (χ2n) is 6.87. The minimum atomic E-state index is -0.341. The van der Waals surface area contributed by atoms with Crippen LogP contribution in [0, 0.1) is 0 Å². The van der Waals surface area contributed by atoms with Crippen molar-refractivity contribution in [1.82, 2.24) is 15.4 Å². The molecule has 0 saturated heterocycles. The number of fused-ring (bicyclic) bond motifs is 2. The Morgan fingerprint density at radius 3 is 2.65 bits per heavy atom. The zero-order valence-electron chi connectivity index (χ0n) is 16.6. The zero-order chi connectivity index (χ0) is 21.2. The number of benzene rings is 3. The zero-order valence-corrected chi connectivity index (χ0v) is 16.6. The van der Waals surface area contributed by atoms with Gasteiger partial charge in [0.2, 0.25) is 5.55 Å². The highest BCUT2D eigenvalue weighted by Gasteiger charge is 2.14. The lowest BCUT2D eigenvalue weighted by atomic mass is 10.1. The molecule has 2 aromatic heterocycles. The van der Waals surface area contributed by atoms with Gasteiger partial charge in [-0.1, -0.05) is 42.5 Å². The van der Waals surface area contributed by atoms with Crippen molar-refractivity contribution in [2.75, 3.05) is 7.11 Å². The summed E-state index contributed by atoms with van der Waals surface area (Å²) in [5.41, 5.74) is 6.13. The first-order valence-corrected chi connectivity index (χ1v) is 9.68. The number of H-pyrrole nitrogens is 1. The van der Waals surface area contributed by atoms with Crippen LogP contribution in [0.2, 0.25) is 0 Å². The number of ether oxygens (including phenoxy) is 1. The third kappa shape index (κ3) is 3.53. The maximum absolute atomic E-state index is 12.5. The van der Waals surface area contributed by atoms with Crippen molar-refractivity contribution in [3.63, 3.8) is 0 Å². The van der Waals surface area contributed by atoms with Gasteiger partial charge in [0.25, 0.3) is 5.91 Å². The summed E-state index contributed by atoms with van der Waals surface area (Å²) in [6, 6.07) is 24.1. The first-order valence-electron chi connectivity index (χ1n) is 9.68. The molecule has 0 atom stereocenters. The summed E-state index contributed by atoms with van der Waals surface area (Å²) in [6.45, 7) is 0. The Kier molecular flexibility index (Phi) is 4.68. The first kappa shape index (κ1) is 18.6. The van der Waals surface area contributed by atoms with Gasteiger partial charge < -0.3 is 14.1 Å². The predicted octanol–water partition coefficient (Wildman–Crippen LogP) is 4.23. The molecule has 31 heavy (non-hydrogen) atoms. The number of rotatable bonds is 4. The van der Waals surface area contributed by atoms with Gasteiger partial charge in [-0.05, 0) is 36.4 Å². The molecule has 2 N–H and O–H groups in total. The topological polar surface area (TPSA) is 92.5 Å². The highest BCUT2D eigenvalue weighted by atomic mass is 16.5. The lowest BCUT2D eigenvalue weighted by Crippen LogP contribution is -2.22. The van der Waals surface area contributed by atoms with Crippen LogP contribution in [0.5, 0.6) is 5.75 Å². The van der Waals surface area contributed by atoms with E-state index in [1.165, 1.54) is 0 Å². The molecule has 5 aromatic rings. The molecule has 0 aliphatic rings. The van der Waals surface area contributed by atoms with Crippen molar-refractivity contribution < 1.29 is 13.9 Å². The smallest absolute Gasteiger partial charge is 0.271 e. The molecule has 0 radical (unpaired) electrons. The van der Waals surface area contributed by atoms with Crippen molar-refractivity contribution in [3.8, 4) is 17.1 Å². The van der Waals surface area contributed by atoms with Crippen LogP contribution in [0.1, 0.15) is 10.4 Å². The van der Waals surface area contributed by atoms with Gasteiger partial charge in [0.1, 0.15) is 5.82 Å². The number of nitrogens with one attached hydrogen (secondary N) is 2. The van der Waals surface area contributed by atoms with E-state index in [4.69, 9.17) is 9.15 Å². The summed E-state index contributed by atoms with van der Waals surface area (Å²) in [6.07, 6.45) is 0. The Morgan fingerprint density at radius 1 is 1.03 bits per heavy atom. The van der Waals surface area contributed by atoms with Crippen molar-refractivity contribution in [2.45, 2.75) is 0 Å². The van der Waals surface area contributed by atoms with Gasteiger partial charge in [0.05, 0.1) is 23.7 Å². The molecule has 152 valence electrons. The van der Waals surface area contributed by atoms with Gasteiger partial charge in [0, 0.05) is 10.9 Å². The van der Waals surface area contributed by atoms with Crippen LogP contribution in [-0.4, -0.2) is 23.0 Å². The minimum Gasteiger partial charge on any atom is -0.493 e. The molecule has 0 spiro atoms. The number of aromatic nitrogens is 2. The summed E-state index contributed by atoms with van der Waals surface area (Å²) in [5.74, 6) is 0.813. The number of amides is 1. The number of nitrogens with zero attached hydrogens (tertiary/aromatic N) is 2. The average molecular weight is 410 g/mol. The van der Waals surface area contributed by atoms with Crippen molar-refractivity contribution in [3.05, 3.63) is 90.0 Å². The quantitative estimate of drug-likeness (QED) is 0.434. The molecule has 3 aromatic carbocycles. The molecule has 1 amide bonds. The van der Waals surface area contributed by atoms with Crippen LogP contribution in [0.25, 0.3) is 33.4 Å². The number of hydrogen-bond acceptors (Lipinski definition) is 5. The van der Waals surface area contributed by atoms with E-state index in [0.29, 0.717) is 28.3 Å². The van der Waals surface area contributed by atoms with Crippen molar-refractivity contribution in [1.29, 1.82) is 0 Å². The molecular formula is C24H18N4O3. The third-order valence-corrected chi connectivity index (χ3v) is 4.90. The fraction of sp³-hybridized carbons (Fsp3) is 0.0417. The van der Waals surface area contributed by atoms with E-state index >= 15 is 0 Å². The lowest BCUT2D eigenvalue weighted by Gasteiger charge is -2.07. The van der Waals surface area contributed by atoms with Crippen LogP contribution in [-0.2, 0) is 0 Å². The molecule has 5 rings (SSSR count). The maximum Gasteiger partial charge on any atom is 0.271 e. The van der Waals surface area contributed by atoms with Gasteiger partial charge in [-0.3, -0.25) is 4.79 Å². The van der Waals surface area contributed by atoms with E-state index in [-0.39, 0.29) is 11.5 Å². The normalized spacial score (nSPS) is 11.7. The Balaban J connectivity index is 1.68. The molecule has 0 saturated carbocycles. The lowest BCUT2D eigenvalue weighted by molar-refractivity contribution is 0.0951. The van der Waals surface area contributed by atoms with E-state index in [9.17, 15) is 4.79 Å². The molecule has 0 bridgehead atoms. The van der Waals surface area contributed by atoms with Gasteiger partial charge in [-0.25, -0.2) is 10.4 Å². The number of aromatic amines is 1. The number of carbonyl (C=O) groups is 1. The number of para-hydroxylation sites is 3. The Bertz CT molecular complexity index is 1440. The molecule has 0 fully saturated rings. The molecular weight excluding hydrogens is 392 g/mol. The predicted molar refractivity (Wildman–Crippen MR) is 117 cm³/mol. The van der Waals surface area contributed by atoms with Gasteiger partial charge in [0.15, 0.2) is 11.3 Å². The Morgan fingerprint density at radius 2 is 1.84 bits per heavy atom. The first-order chi connectivity index (χ1) is 15.2. The second-order valence-corrected chi connectivity index (χ2v) is 6.87. The average Bonchev–Trinajstić information content (AvgIpc) is 3.26. The molecule has 0 aliphatic heterocycles. The van der Waals surface area contributed by atoms with E-state index in [1.54, 1.807) is 37.4 Å². The minimum absolute atomic E-state index is 0.209. The SMILES string of the molecule is COc1cccc2cc(-c3nc4ccccc4[nH]3)c(=NNC(=O)c3ccccc3)oc12. The van der Waals surface area contributed by atoms with Crippen LogP contribution < -0.4 is 15.7 Å². The van der Waals surface area contributed by atoms with Crippen molar-refractivity contribution in [2.24, 2.45) is 5.10 Å². The van der Waals surface area contributed by atoms with Crippen LogP contribution in [0.4, 0.5) is 0 Å². The number of imidazole rings is 1. The van der Waals surface area contributed by atoms with E-state index < -0.39 is 0 Å². The number of hydrogen-bond donors (Lipinski definition) is 2. The Hall–Kier alpha value is -4.39. The van der Waals surface area contributed by atoms with Crippen LogP contribution >= 0.6 is 0 Å². The van der Waals surface area contributed by atoms with E-state index in [0.717, 1.165) is 16.4 Å². The third-order valence-electron chi connectivity index (χ3n) is 4.90. The highest BCUT2D eigenvalue weighted by Crippen LogP contribution is 2.27. The summed E-state index contributed by atoms with van der Waals surface area (Å²) in [5, 5.41) is 5.10. The van der Waals surface area contributed by atoms with Gasteiger partial charge >= 0.3 is 0 Å². The molecule has 2 heterocycles. The van der Waals surface area contributed by atoms with Gasteiger partial charge in [-0.2, -0.15) is 0 Å². The van der Waals surface area contributed by atoms with Gasteiger partial charge in [-0.15, -0.1) is 5.10 Å². The maximum atomic E-state index is 12.5. The number of methoxy groups -OCH3 is 1. The fourth-order valence-electron chi connectivity index (χ4n) is 3.37.